The molecule has 0 fully saturated rings. The summed E-state index contributed by atoms with van der Waals surface area (Å²) in [6.45, 7) is 9.31. The Bertz CT molecular complexity index is 1020. The average Bonchev–Trinajstić information content (AvgIpc) is 2.87. The zero-order chi connectivity index (χ0) is 25.8. The van der Waals surface area contributed by atoms with E-state index in [0.717, 1.165) is 22.5 Å². The molecular formula is C32H41BrNOSi. The van der Waals surface area contributed by atoms with Crippen LogP contribution in [0.15, 0.2) is 89.5 Å². The zero-order valence-electron chi connectivity index (χ0n) is 22.3. The monoisotopic (exact) mass is 562 g/mol. The van der Waals surface area contributed by atoms with Crippen LogP contribution in [0.1, 0.15) is 78.3 Å². The molecular weight excluding hydrogens is 522 g/mol. The Balaban J connectivity index is 1.95. The van der Waals surface area contributed by atoms with Gasteiger partial charge in [-0.3, -0.25) is 0 Å². The van der Waals surface area contributed by atoms with Gasteiger partial charge in [-0.15, -0.1) is 0 Å². The summed E-state index contributed by atoms with van der Waals surface area (Å²) in [5.74, 6) is 1.29. The van der Waals surface area contributed by atoms with Crippen molar-refractivity contribution >= 4 is 41.1 Å². The van der Waals surface area contributed by atoms with E-state index in [1.165, 1.54) is 48.9 Å². The summed E-state index contributed by atoms with van der Waals surface area (Å²) in [5, 5.41) is 2.47. The van der Waals surface area contributed by atoms with Gasteiger partial charge < -0.3 is 4.43 Å². The lowest BCUT2D eigenvalue weighted by Crippen LogP contribution is -2.44. The molecule has 0 bridgehead atoms. The molecule has 36 heavy (non-hydrogen) atoms. The number of aromatic nitrogens is 1. The van der Waals surface area contributed by atoms with Crippen LogP contribution in [0.25, 0.3) is 5.76 Å². The third-order valence-corrected chi connectivity index (χ3v) is 9.17. The number of allylic oxidation sites excluding steroid dienone is 1. The quantitative estimate of drug-likeness (QED) is 0.0901. The number of rotatable bonds is 13. The van der Waals surface area contributed by atoms with Crippen molar-refractivity contribution in [3.8, 4) is 0 Å². The Morgan fingerprint density at radius 1 is 0.833 bits per heavy atom. The minimum atomic E-state index is -1.51. The molecule has 0 saturated heterocycles. The molecule has 0 aliphatic rings. The van der Waals surface area contributed by atoms with Gasteiger partial charge in [0.1, 0.15) is 16.1 Å². The Kier molecular flexibility index (Phi) is 11.5. The van der Waals surface area contributed by atoms with E-state index in [1.807, 2.05) is 12.1 Å². The first-order chi connectivity index (χ1) is 17.4. The van der Waals surface area contributed by atoms with Crippen LogP contribution in [0.3, 0.4) is 0 Å². The number of unbranched alkanes of at least 4 members (excludes halogenated alkanes) is 5. The fourth-order valence-electron chi connectivity index (χ4n) is 4.38. The molecule has 4 heteroatoms. The maximum absolute atomic E-state index is 7.03. The fraction of sp³-hybridized carbons (Fsp3) is 0.406. The van der Waals surface area contributed by atoms with Crippen LogP contribution in [0.5, 0.6) is 0 Å². The van der Waals surface area contributed by atoms with Crippen molar-refractivity contribution in [2.24, 2.45) is 11.3 Å². The predicted octanol–water partition coefficient (Wildman–Crippen LogP) is 8.42. The van der Waals surface area contributed by atoms with Crippen LogP contribution in [0.4, 0.5) is 0 Å². The number of halogens is 1. The molecule has 1 unspecified atom stereocenters. The summed E-state index contributed by atoms with van der Waals surface area (Å²) < 4.78 is 7.85. The molecule has 1 heterocycles. The van der Waals surface area contributed by atoms with Crippen LogP contribution in [-0.4, -0.2) is 14.0 Å². The molecule has 2 nitrogen and oxygen atoms in total. The lowest BCUT2D eigenvalue weighted by molar-refractivity contribution is 0.269. The first-order valence-electron chi connectivity index (χ1n) is 13.4. The van der Waals surface area contributed by atoms with Crippen molar-refractivity contribution in [1.82, 2.24) is 4.98 Å². The summed E-state index contributed by atoms with van der Waals surface area (Å²) in [7, 11) is -1.51. The smallest absolute Gasteiger partial charge is 0.352 e. The van der Waals surface area contributed by atoms with E-state index in [9.17, 15) is 0 Å². The summed E-state index contributed by atoms with van der Waals surface area (Å²) in [4.78, 5) is 4.82. The van der Waals surface area contributed by atoms with E-state index in [-0.39, 0.29) is 5.41 Å². The van der Waals surface area contributed by atoms with Crippen molar-refractivity contribution in [1.29, 1.82) is 0 Å². The standard InChI is InChI=1S/C32H41BrNOSi/c1-5-6-7-8-9-12-18-26(32(2,3)4)25-30(29-23-17-24-31(33)34-29)35-36(27-19-13-10-14-20-27)28-21-15-11-16-22-28/h10-11,13-17,19-26H,5-9,12,18H2,1-4H3/b30-25+. The molecule has 1 aromatic heterocycles. The van der Waals surface area contributed by atoms with Gasteiger partial charge in [0, 0.05) is 0 Å². The van der Waals surface area contributed by atoms with Crippen LogP contribution in [0, 0.1) is 11.3 Å². The van der Waals surface area contributed by atoms with Crippen molar-refractivity contribution in [2.75, 3.05) is 0 Å². The lowest BCUT2D eigenvalue weighted by atomic mass is 9.77. The van der Waals surface area contributed by atoms with Gasteiger partial charge in [-0.25, -0.2) is 4.98 Å². The second-order valence-electron chi connectivity index (χ2n) is 10.6. The molecule has 191 valence electrons. The average molecular weight is 564 g/mol. The van der Waals surface area contributed by atoms with Crippen LogP contribution >= 0.6 is 15.9 Å². The van der Waals surface area contributed by atoms with Gasteiger partial charge in [-0.05, 0) is 62.3 Å². The Morgan fingerprint density at radius 2 is 1.42 bits per heavy atom. The van der Waals surface area contributed by atoms with Gasteiger partial charge in [0.15, 0.2) is 0 Å². The molecule has 0 spiro atoms. The molecule has 0 amide bonds. The second-order valence-corrected chi connectivity index (χ2v) is 13.4. The van der Waals surface area contributed by atoms with Crippen molar-refractivity contribution < 1.29 is 4.43 Å². The van der Waals surface area contributed by atoms with Crippen LogP contribution < -0.4 is 10.4 Å². The molecule has 1 radical (unpaired) electrons. The normalized spacial score (nSPS) is 13.1. The van der Waals surface area contributed by atoms with Crippen molar-refractivity contribution in [3.05, 3.63) is 95.2 Å². The highest BCUT2D eigenvalue weighted by Gasteiger charge is 2.27. The van der Waals surface area contributed by atoms with Gasteiger partial charge >= 0.3 is 9.04 Å². The Morgan fingerprint density at radius 3 is 1.97 bits per heavy atom. The second kappa shape index (κ2) is 14.5. The minimum absolute atomic E-state index is 0.135. The summed E-state index contributed by atoms with van der Waals surface area (Å²) in [6.07, 6.45) is 11.4. The van der Waals surface area contributed by atoms with Crippen molar-refractivity contribution in [3.63, 3.8) is 0 Å². The molecule has 0 N–H and O–H groups in total. The fourth-order valence-corrected chi connectivity index (χ4v) is 6.68. The highest BCUT2D eigenvalue weighted by atomic mass is 79.9. The lowest BCUT2D eigenvalue weighted by Gasteiger charge is -2.30. The minimum Gasteiger partial charge on any atom is -0.531 e. The first kappa shape index (κ1) is 28.4. The van der Waals surface area contributed by atoms with Gasteiger partial charge in [-0.2, -0.15) is 0 Å². The molecule has 1 atom stereocenters. The van der Waals surface area contributed by atoms with E-state index in [2.05, 4.69) is 116 Å². The van der Waals surface area contributed by atoms with Gasteiger partial charge in [0.05, 0.1) is 0 Å². The first-order valence-corrected chi connectivity index (χ1v) is 15.6. The molecule has 3 rings (SSSR count). The van der Waals surface area contributed by atoms with Crippen LogP contribution in [-0.2, 0) is 4.43 Å². The van der Waals surface area contributed by atoms with Gasteiger partial charge in [-0.1, -0.05) is 133 Å². The SMILES string of the molecule is CCCCCCCCC(/C=C(/O[Si](c1ccccc1)c1ccccc1)c1cccc(Br)n1)C(C)(C)C. The van der Waals surface area contributed by atoms with E-state index < -0.39 is 9.04 Å². The topological polar surface area (TPSA) is 22.1 Å². The number of nitrogens with zero attached hydrogens (tertiary/aromatic N) is 1. The van der Waals surface area contributed by atoms with Gasteiger partial charge in [0.2, 0.25) is 0 Å². The largest absolute Gasteiger partial charge is 0.531 e. The number of benzene rings is 2. The highest BCUT2D eigenvalue weighted by molar-refractivity contribution is 9.10. The molecule has 0 aliphatic carbocycles. The summed E-state index contributed by atoms with van der Waals surface area (Å²) in [6, 6.07) is 27.4. The summed E-state index contributed by atoms with van der Waals surface area (Å²) >= 11 is 3.58. The maximum atomic E-state index is 7.03. The van der Waals surface area contributed by atoms with Crippen molar-refractivity contribution in [2.45, 2.75) is 72.6 Å². The highest BCUT2D eigenvalue weighted by Crippen LogP contribution is 2.34. The predicted molar refractivity (Wildman–Crippen MR) is 160 cm³/mol. The Labute approximate surface area is 229 Å². The molecule has 0 aliphatic heterocycles. The van der Waals surface area contributed by atoms with E-state index in [4.69, 9.17) is 9.41 Å². The van der Waals surface area contributed by atoms with Gasteiger partial charge in [0.25, 0.3) is 0 Å². The third kappa shape index (κ3) is 9.04. The van der Waals surface area contributed by atoms with E-state index >= 15 is 0 Å². The van der Waals surface area contributed by atoms with Crippen LogP contribution in [0.2, 0.25) is 0 Å². The summed E-state index contributed by atoms with van der Waals surface area (Å²) in [5.41, 5.74) is 1.02. The van der Waals surface area contributed by atoms with E-state index in [0.29, 0.717) is 5.92 Å². The Hall–Kier alpha value is -2.17. The third-order valence-electron chi connectivity index (χ3n) is 6.59. The maximum Gasteiger partial charge on any atom is 0.352 e. The molecule has 0 saturated carbocycles. The molecule has 2 aromatic carbocycles. The zero-order valence-corrected chi connectivity index (χ0v) is 24.9. The number of hydrogen-bond acceptors (Lipinski definition) is 2. The number of hydrogen-bond donors (Lipinski definition) is 0. The molecule has 3 aromatic rings. The van der Waals surface area contributed by atoms with E-state index in [1.54, 1.807) is 0 Å². The number of pyridine rings is 1.